The maximum absolute atomic E-state index is 4.57. The van der Waals surface area contributed by atoms with Crippen LogP contribution in [0.4, 0.5) is 0 Å². The van der Waals surface area contributed by atoms with Crippen molar-refractivity contribution >= 4 is 0 Å². The van der Waals surface area contributed by atoms with Crippen molar-refractivity contribution in [2.45, 2.75) is 51.5 Å². The molecule has 2 aliphatic rings. The van der Waals surface area contributed by atoms with Crippen LogP contribution in [0.25, 0.3) is 0 Å². The van der Waals surface area contributed by atoms with Crippen LogP contribution in [0.2, 0.25) is 0 Å². The molecule has 3 rings (SSSR count). The zero-order chi connectivity index (χ0) is 13.2. The molecule has 1 aromatic rings. The summed E-state index contributed by atoms with van der Waals surface area (Å²) in [6, 6.07) is 2.82. The van der Waals surface area contributed by atoms with E-state index in [1.807, 2.05) is 11.7 Å². The van der Waals surface area contributed by atoms with Gasteiger partial charge in [-0.15, -0.1) is 0 Å². The fourth-order valence-corrected chi connectivity index (χ4v) is 4.29. The molecule has 2 fully saturated rings. The lowest BCUT2D eigenvalue weighted by Crippen LogP contribution is -2.41. The average Bonchev–Trinajstić information content (AvgIpc) is 3.10. The quantitative estimate of drug-likeness (QED) is 0.853. The first-order chi connectivity index (χ1) is 9.26. The Morgan fingerprint density at radius 3 is 2.89 bits per heavy atom. The summed E-state index contributed by atoms with van der Waals surface area (Å²) in [6.07, 6.45) is 10.3. The summed E-state index contributed by atoms with van der Waals surface area (Å²) in [5.74, 6) is 2.92. The fraction of sp³-hybridized carbons (Fsp3) is 0.812. The fourth-order valence-electron chi connectivity index (χ4n) is 4.29. The van der Waals surface area contributed by atoms with E-state index in [1.165, 1.54) is 37.8 Å². The van der Waals surface area contributed by atoms with Crippen LogP contribution in [0, 0.1) is 17.8 Å². The zero-order valence-electron chi connectivity index (χ0n) is 12.3. The van der Waals surface area contributed by atoms with E-state index in [4.69, 9.17) is 0 Å². The normalized spacial score (nSPS) is 30.9. The van der Waals surface area contributed by atoms with E-state index in [1.54, 1.807) is 0 Å². The Hall–Kier alpha value is -0.830. The molecule has 2 bridgehead atoms. The number of aromatic nitrogens is 2. The molecule has 1 aromatic heterocycles. The van der Waals surface area contributed by atoms with Gasteiger partial charge in [-0.1, -0.05) is 13.3 Å². The Morgan fingerprint density at radius 2 is 2.32 bits per heavy atom. The predicted molar refractivity (Wildman–Crippen MR) is 77.9 cm³/mol. The molecular formula is C16H27N3. The Bertz CT molecular complexity index is 412. The van der Waals surface area contributed by atoms with E-state index in [9.17, 15) is 0 Å². The highest BCUT2D eigenvalue weighted by atomic mass is 15.2. The molecule has 0 amide bonds. The molecule has 106 valence electrons. The van der Waals surface area contributed by atoms with Gasteiger partial charge in [0.05, 0.1) is 5.69 Å². The van der Waals surface area contributed by atoms with Gasteiger partial charge in [0.2, 0.25) is 0 Å². The Labute approximate surface area is 116 Å². The van der Waals surface area contributed by atoms with E-state index in [-0.39, 0.29) is 0 Å². The number of aryl methyl sites for hydroxylation is 1. The van der Waals surface area contributed by atoms with E-state index >= 15 is 0 Å². The van der Waals surface area contributed by atoms with Gasteiger partial charge in [-0.25, -0.2) is 0 Å². The van der Waals surface area contributed by atoms with Gasteiger partial charge >= 0.3 is 0 Å². The van der Waals surface area contributed by atoms with Crippen molar-refractivity contribution < 1.29 is 0 Å². The standard InChI is InChI=1S/C16H27N3/c1-3-7-17-16(11-14-6-8-19(2)18-14)15-10-12-4-5-13(15)9-12/h6,8,12-13,15-17H,3-5,7,9-11H2,1-2H3. The Kier molecular flexibility index (Phi) is 3.92. The molecule has 2 aliphatic carbocycles. The van der Waals surface area contributed by atoms with Crippen LogP contribution in [-0.4, -0.2) is 22.4 Å². The van der Waals surface area contributed by atoms with Gasteiger partial charge in [-0.05, 0) is 56.0 Å². The van der Waals surface area contributed by atoms with Crippen LogP contribution in [0.15, 0.2) is 12.3 Å². The molecule has 1 N–H and O–H groups in total. The summed E-state index contributed by atoms with van der Waals surface area (Å²) in [6.45, 7) is 3.40. The minimum atomic E-state index is 0.644. The SMILES string of the molecule is CCCNC(Cc1ccn(C)n1)C1CC2CCC1C2. The van der Waals surface area contributed by atoms with E-state index in [0.29, 0.717) is 6.04 Å². The molecule has 4 atom stereocenters. The summed E-state index contributed by atoms with van der Waals surface area (Å²) >= 11 is 0. The molecule has 0 aliphatic heterocycles. The number of nitrogens with one attached hydrogen (secondary N) is 1. The van der Waals surface area contributed by atoms with Gasteiger partial charge in [0.15, 0.2) is 0 Å². The molecular weight excluding hydrogens is 234 g/mol. The minimum Gasteiger partial charge on any atom is -0.313 e. The first-order valence-electron chi connectivity index (χ1n) is 7.98. The molecule has 0 spiro atoms. The van der Waals surface area contributed by atoms with Gasteiger partial charge < -0.3 is 5.32 Å². The molecule has 0 radical (unpaired) electrons. The summed E-state index contributed by atoms with van der Waals surface area (Å²) in [5.41, 5.74) is 1.25. The highest BCUT2D eigenvalue weighted by Gasteiger charge is 2.42. The molecule has 0 saturated heterocycles. The maximum atomic E-state index is 4.57. The number of fused-ring (bicyclic) bond motifs is 2. The van der Waals surface area contributed by atoms with Crippen molar-refractivity contribution in [3.63, 3.8) is 0 Å². The van der Waals surface area contributed by atoms with E-state index < -0.39 is 0 Å². The second-order valence-electron chi connectivity index (χ2n) is 6.58. The highest BCUT2D eigenvalue weighted by molar-refractivity contribution is 5.05. The summed E-state index contributed by atoms with van der Waals surface area (Å²) in [5, 5.41) is 8.37. The monoisotopic (exact) mass is 261 g/mol. The smallest absolute Gasteiger partial charge is 0.0640 e. The summed E-state index contributed by atoms with van der Waals surface area (Å²) in [4.78, 5) is 0. The zero-order valence-corrected chi connectivity index (χ0v) is 12.3. The van der Waals surface area contributed by atoms with Crippen LogP contribution in [0.1, 0.15) is 44.7 Å². The van der Waals surface area contributed by atoms with Crippen molar-refractivity contribution in [2.75, 3.05) is 6.54 Å². The third kappa shape index (κ3) is 2.86. The third-order valence-electron chi connectivity index (χ3n) is 5.16. The molecule has 4 unspecified atom stereocenters. The largest absolute Gasteiger partial charge is 0.313 e. The van der Waals surface area contributed by atoms with Gasteiger partial charge in [-0.3, -0.25) is 4.68 Å². The first kappa shape index (κ1) is 13.2. The lowest BCUT2D eigenvalue weighted by Gasteiger charge is -2.31. The molecule has 1 heterocycles. The lowest BCUT2D eigenvalue weighted by atomic mass is 9.81. The summed E-state index contributed by atoms with van der Waals surface area (Å²) in [7, 11) is 2.01. The molecule has 3 heteroatoms. The highest BCUT2D eigenvalue weighted by Crippen LogP contribution is 2.49. The van der Waals surface area contributed by atoms with E-state index in [2.05, 4.69) is 29.6 Å². The molecule has 19 heavy (non-hydrogen) atoms. The van der Waals surface area contributed by atoms with Gasteiger partial charge in [0.1, 0.15) is 0 Å². The molecule has 2 saturated carbocycles. The average molecular weight is 261 g/mol. The topological polar surface area (TPSA) is 29.9 Å². The lowest BCUT2D eigenvalue weighted by molar-refractivity contribution is 0.245. The van der Waals surface area contributed by atoms with Crippen molar-refractivity contribution in [3.8, 4) is 0 Å². The Balaban J connectivity index is 1.66. The van der Waals surface area contributed by atoms with Crippen molar-refractivity contribution in [1.82, 2.24) is 15.1 Å². The number of hydrogen-bond donors (Lipinski definition) is 1. The van der Waals surface area contributed by atoms with Crippen LogP contribution in [0.5, 0.6) is 0 Å². The number of rotatable bonds is 6. The number of nitrogens with zero attached hydrogens (tertiary/aromatic N) is 2. The van der Waals surface area contributed by atoms with Gasteiger partial charge in [0, 0.05) is 25.7 Å². The van der Waals surface area contributed by atoms with Gasteiger partial charge in [0.25, 0.3) is 0 Å². The maximum Gasteiger partial charge on any atom is 0.0640 e. The summed E-state index contributed by atoms with van der Waals surface area (Å²) < 4.78 is 1.92. The van der Waals surface area contributed by atoms with Crippen LogP contribution in [0.3, 0.4) is 0 Å². The van der Waals surface area contributed by atoms with Crippen molar-refractivity contribution in [2.24, 2.45) is 24.8 Å². The second-order valence-corrected chi connectivity index (χ2v) is 6.58. The second kappa shape index (κ2) is 5.66. The van der Waals surface area contributed by atoms with Crippen LogP contribution < -0.4 is 5.32 Å². The molecule has 3 nitrogen and oxygen atoms in total. The van der Waals surface area contributed by atoms with Crippen molar-refractivity contribution in [3.05, 3.63) is 18.0 Å². The minimum absolute atomic E-state index is 0.644. The predicted octanol–water partition coefficient (Wildman–Crippen LogP) is 2.77. The number of hydrogen-bond acceptors (Lipinski definition) is 2. The Morgan fingerprint density at radius 1 is 1.42 bits per heavy atom. The van der Waals surface area contributed by atoms with Gasteiger partial charge in [-0.2, -0.15) is 5.10 Å². The van der Waals surface area contributed by atoms with Crippen LogP contribution in [-0.2, 0) is 13.5 Å². The first-order valence-corrected chi connectivity index (χ1v) is 7.98. The van der Waals surface area contributed by atoms with Crippen LogP contribution >= 0.6 is 0 Å². The molecule has 0 aromatic carbocycles. The van der Waals surface area contributed by atoms with Crippen molar-refractivity contribution in [1.29, 1.82) is 0 Å². The van der Waals surface area contributed by atoms with E-state index in [0.717, 1.165) is 30.7 Å². The third-order valence-corrected chi connectivity index (χ3v) is 5.16.